The van der Waals surface area contributed by atoms with Crippen molar-refractivity contribution in [1.29, 1.82) is 0 Å². The van der Waals surface area contributed by atoms with Crippen LogP contribution in [0.1, 0.15) is 21.5 Å². The number of amides is 2. The Morgan fingerprint density at radius 2 is 1.75 bits per heavy atom. The molecule has 2 aromatic rings. The third-order valence-electron chi connectivity index (χ3n) is 3.62. The first-order valence-electron chi connectivity index (χ1n) is 7.10. The highest BCUT2D eigenvalue weighted by molar-refractivity contribution is 9.10. The van der Waals surface area contributed by atoms with Crippen LogP contribution in [0.4, 0.5) is 0 Å². The third-order valence-corrected chi connectivity index (χ3v) is 4.11. The number of aliphatic carboxylic acids is 1. The molecule has 0 spiro atoms. The highest BCUT2D eigenvalue weighted by Crippen LogP contribution is 2.30. The molecular weight excluding hydrogens is 374 g/mol. The molecule has 120 valence electrons. The van der Waals surface area contributed by atoms with E-state index in [0.717, 1.165) is 10.0 Å². The van der Waals surface area contributed by atoms with Gasteiger partial charge in [-0.25, -0.2) is 0 Å². The molecule has 1 heterocycles. The van der Waals surface area contributed by atoms with Crippen molar-refractivity contribution in [2.24, 2.45) is 0 Å². The van der Waals surface area contributed by atoms with Gasteiger partial charge >= 0.3 is 0 Å². The minimum Gasteiger partial charge on any atom is -0.548 e. The van der Waals surface area contributed by atoms with E-state index in [1.165, 1.54) is 0 Å². The van der Waals surface area contributed by atoms with E-state index in [2.05, 4.69) is 15.9 Å². The number of benzene rings is 2. The molecule has 0 bridgehead atoms. The third kappa shape index (κ3) is 3.00. The van der Waals surface area contributed by atoms with E-state index < -0.39 is 24.3 Å². The summed E-state index contributed by atoms with van der Waals surface area (Å²) < 4.78 is 0.844. The Kier molecular flexibility index (Phi) is 4.31. The maximum atomic E-state index is 12.7. The molecule has 1 aliphatic heterocycles. The number of fused-ring (bicyclic) bond motifs is 1. The first-order valence-corrected chi connectivity index (χ1v) is 7.89. The smallest absolute Gasteiger partial charge is 0.261 e. The molecule has 0 aromatic heterocycles. The summed E-state index contributed by atoms with van der Waals surface area (Å²) in [7, 11) is 0. The van der Waals surface area contributed by atoms with Crippen molar-refractivity contribution in [1.82, 2.24) is 4.90 Å². The van der Waals surface area contributed by atoms with Crippen molar-refractivity contribution in [3.63, 3.8) is 0 Å². The zero-order valence-corrected chi connectivity index (χ0v) is 13.9. The van der Waals surface area contributed by atoms with Gasteiger partial charge in [-0.15, -0.1) is 0 Å². The van der Waals surface area contributed by atoms with Crippen molar-refractivity contribution >= 4 is 45.4 Å². The van der Waals surface area contributed by atoms with Crippen LogP contribution in [-0.4, -0.2) is 29.2 Å². The molecule has 0 N–H and O–H groups in total. The highest BCUT2D eigenvalue weighted by atomic mass is 79.9. The first kappa shape index (κ1) is 16.1. The Balaban J connectivity index is 2.16. The molecule has 0 aliphatic carbocycles. The van der Waals surface area contributed by atoms with Crippen molar-refractivity contribution in [3.05, 3.63) is 69.7 Å². The van der Waals surface area contributed by atoms with Crippen LogP contribution in [0.5, 0.6) is 0 Å². The summed E-state index contributed by atoms with van der Waals surface area (Å²) in [6, 6.07) is 13.9. The van der Waals surface area contributed by atoms with Gasteiger partial charge in [-0.1, -0.05) is 46.3 Å². The van der Waals surface area contributed by atoms with Crippen LogP contribution >= 0.6 is 15.9 Å². The number of nitrogens with zero attached hydrogens (tertiary/aromatic N) is 1. The zero-order chi connectivity index (χ0) is 17.3. The Morgan fingerprint density at radius 3 is 2.42 bits per heavy atom. The summed E-state index contributed by atoms with van der Waals surface area (Å²) in [5.41, 5.74) is 1.80. The number of hydrogen-bond donors (Lipinski definition) is 0. The fourth-order valence-electron chi connectivity index (χ4n) is 2.58. The van der Waals surface area contributed by atoms with Crippen LogP contribution in [0.2, 0.25) is 0 Å². The molecule has 0 saturated carbocycles. The number of carboxylic acid groups (broad SMARTS) is 1. The summed E-state index contributed by atoms with van der Waals surface area (Å²) in [6.07, 6.45) is 1.64. The summed E-state index contributed by atoms with van der Waals surface area (Å²) >= 11 is 3.36. The van der Waals surface area contributed by atoms with Gasteiger partial charge in [0, 0.05) is 15.6 Å². The van der Waals surface area contributed by atoms with E-state index in [9.17, 15) is 19.5 Å². The average molecular weight is 385 g/mol. The molecule has 0 unspecified atom stereocenters. The lowest BCUT2D eigenvalue weighted by molar-refractivity contribution is -0.305. The van der Waals surface area contributed by atoms with E-state index in [1.54, 1.807) is 30.3 Å². The average Bonchev–Trinajstić information content (AvgIpc) is 2.55. The predicted molar refractivity (Wildman–Crippen MR) is 89.5 cm³/mol. The van der Waals surface area contributed by atoms with Gasteiger partial charge in [-0.3, -0.25) is 14.5 Å². The Hall–Kier alpha value is -2.73. The molecule has 6 heteroatoms. The Bertz CT molecular complexity index is 888. The van der Waals surface area contributed by atoms with Crippen LogP contribution in [-0.2, 0) is 9.59 Å². The second-order valence-corrected chi connectivity index (χ2v) is 6.14. The molecule has 24 heavy (non-hydrogen) atoms. The molecule has 0 radical (unpaired) electrons. The van der Waals surface area contributed by atoms with Crippen molar-refractivity contribution in [2.45, 2.75) is 0 Å². The molecule has 1 aliphatic rings. The predicted octanol–water partition coefficient (Wildman–Crippen LogP) is 1.72. The number of imide groups is 1. The monoisotopic (exact) mass is 384 g/mol. The minimum atomic E-state index is -1.49. The molecule has 5 nitrogen and oxygen atoms in total. The highest BCUT2D eigenvalue weighted by Gasteiger charge is 2.34. The first-order chi connectivity index (χ1) is 11.5. The van der Waals surface area contributed by atoms with E-state index in [4.69, 9.17) is 0 Å². The summed E-state index contributed by atoms with van der Waals surface area (Å²) in [6.45, 7) is -0.776. The lowest BCUT2D eigenvalue weighted by atomic mass is 9.92. The molecule has 2 amide bonds. The number of hydrogen-bond acceptors (Lipinski definition) is 4. The van der Waals surface area contributed by atoms with Crippen LogP contribution in [0.15, 0.2) is 53.0 Å². The van der Waals surface area contributed by atoms with Gasteiger partial charge in [-0.05, 0) is 35.4 Å². The van der Waals surface area contributed by atoms with E-state index >= 15 is 0 Å². The Labute approximate surface area is 146 Å². The Morgan fingerprint density at radius 1 is 1.04 bits per heavy atom. The summed E-state index contributed by atoms with van der Waals surface area (Å²) in [5, 5.41) is 10.9. The number of carbonyl (C=O) groups is 3. The molecule has 0 atom stereocenters. The normalized spacial score (nSPS) is 15.5. The molecule has 3 rings (SSSR count). The second kappa shape index (κ2) is 6.41. The van der Waals surface area contributed by atoms with Gasteiger partial charge in [-0.2, -0.15) is 0 Å². The molecular formula is C18H11BrNO4-. The number of carbonyl (C=O) groups excluding carboxylic acids is 3. The summed E-state index contributed by atoms with van der Waals surface area (Å²) in [4.78, 5) is 36.6. The van der Waals surface area contributed by atoms with Gasteiger partial charge in [0.1, 0.15) is 0 Å². The molecule has 0 fully saturated rings. The van der Waals surface area contributed by atoms with Crippen LogP contribution in [0, 0.1) is 0 Å². The lowest BCUT2D eigenvalue weighted by Gasteiger charge is -2.28. The van der Waals surface area contributed by atoms with Gasteiger partial charge < -0.3 is 9.90 Å². The molecule has 0 saturated heterocycles. The second-order valence-electron chi connectivity index (χ2n) is 5.23. The number of carboxylic acids is 1. The fourth-order valence-corrected chi connectivity index (χ4v) is 2.99. The van der Waals surface area contributed by atoms with Crippen molar-refractivity contribution in [3.8, 4) is 0 Å². The van der Waals surface area contributed by atoms with Gasteiger partial charge in [0.05, 0.1) is 12.5 Å². The zero-order valence-electron chi connectivity index (χ0n) is 12.4. The molecule has 2 aromatic carbocycles. The minimum absolute atomic E-state index is 0.268. The van der Waals surface area contributed by atoms with Crippen LogP contribution in [0.25, 0.3) is 11.6 Å². The van der Waals surface area contributed by atoms with Crippen LogP contribution < -0.4 is 5.11 Å². The standard InChI is InChI=1S/C18H12BrNO4/c19-12-5-3-4-11(8-12)9-15-13-6-1-2-7-14(13)17(23)20(18(15)24)10-16(21)22/h1-9H,10H2,(H,21,22)/p-1/b15-9-. The summed E-state index contributed by atoms with van der Waals surface area (Å²) in [5.74, 6) is -2.77. The number of rotatable bonds is 3. The van der Waals surface area contributed by atoms with Gasteiger partial charge in [0.2, 0.25) is 0 Å². The largest absolute Gasteiger partial charge is 0.548 e. The van der Waals surface area contributed by atoms with Crippen molar-refractivity contribution < 1.29 is 19.5 Å². The fraction of sp³-hybridized carbons (Fsp3) is 0.0556. The quantitative estimate of drug-likeness (QED) is 0.596. The topological polar surface area (TPSA) is 77.5 Å². The van der Waals surface area contributed by atoms with Crippen molar-refractivity contribution in [2.75, 3.05) is 6.54 Å². The SMILES string of the molecule is O=C([O-])CN1C(=O)/C(=C\c2cccc(Br)c2)c2ccccc2C1=O. The number of halogens is 1. The van der Waals surface area contributed by atoms with E-state index in [1.807, 2.05) is 24.3 Å². The van der Waals surface area contributed by atoms with Gasteiger partial charge in [0.15, 0.2) is 0 Å². The maximum Gasteiger partial charge on any atom is 0.261 e. The van der Waals surface area contributed by atoms with Gasteiger partial charge in [0.25, 0.3) is 11.8 Å². The van der Waals surface area contributed by atoms with E-state index in [-0.39, 0.29) is 5.57 Å². The van der Waals surface area contributed by atoms with E-state index in [0.29, 0.717) is 16.0 Å². The maximum absolute atomic E-state index is 12.7. The van der Waals surface area contributed by atoms with Crippen LogP contribution in [0.3, 0.4) is 0 Å². The lowest BCUT2D eigenvalue weighted by Crippen LogP contribution is -2.47.